The number of benzene rings is 1. The summed E-state index contributed by atoms with van der Waals surface area (Å²) in [6.45, 7) is 1.56. The Labute approximate surface area is 82.9 Å². The number of carbonyl (C=O) groups excluding carboxylic acids is 2. The van der Waals surface area contributed by atoms with Crippen LogP contribution in [0.3, 0.4) is 0 Å². The molecular formula is C12H12O2. The lowest BCUT2D eigenvalue weighted by Gasteiger charge is -2.22. The molecule has 1 aliphatic rings. The molecule has 0 radical (unpaired) electrons. The SMILES string of the molecule is CC(=O)C1CC(=O)Cc2ccccc21. The molecule has 0 amide bonds. The van der Waals surface area contributed by atoms with Crippen LogP contribution in [-0.4, -0.2) is 11.6 Å². The van der Waals surface area contributed by atoms with Crippen molar-refractivity contribution in [3.05, 3.63) is 35.4 Å². The van der Waals surface area contributed by atoms with Crippen LogP contribution in [0.15, 0.2) is 24.3 Å². The number of carbonyl (C=O) groups is 2. The van der Waals surface area contributed by atoms with Crippen molar-refractivity contribution in [1.29, 1.82) is 0 Å². The maximum absolute atomic E-state index is 11.4. The van der Waals surface area contributed by atoms with Crippen LogP contribution in [0.5, 0.6) is 0 Å². The fourth-order valence-corrected chi connectivity index (χ4v) is 2.02. The summed E-state index contributed by atoms with van der Waals surface area (Å²) in [6, 6.07) is 7.72. The molecule has 0 bridgehead atoms. The van der Waals surface area contributed by atoms with Gasteiger partial charge in [0.1, 0.15) is 11.6 Å². The van der Waals surface area contributed by atoms with E-state index in [2.05, 4.69) is 0 Å². The fourth-order valence-electron chi connectivity index (χ4n) is 2.02. The van der Waals surface area contributed by atoms with Gasteiger partial charge in [0.15, 0.2) is 0 Å². The number of hydrogen-bond donors (Lipinski definition) is 0. The minimum Gasteiger partial charge on any atom is -0.299 e. The molecule has 0 spiro atoms. The summed E-state index contributed by atoms with van der Waals surface area (Å²) in [5.74, 6) is 0.0573. The van der Waals surface area contributed by atoms with Gasteiger partial charge in [-0.3, -0.25) is 9.59 Å². The number of fused-ring (bicyclic) bond motifs is 1. The van der Waals surface area contributed by atoms with Crippen LogP contribution in [0.4, 0.5) is 0 Å². The number of rotatable bonds is 1. The molecule has 0 aromatic heterocycles. The van der Waals surface area contributed by atoms with Crippen molar-refractivity contribution in [1.82, 2.24) is 0 Å². The third kappa shape index (κ3) is 1.48. The van der Waals surface area contributed by atoms with Crippen molar-refractivity contribution in [3.8, 4) is 0 Å². The number of hydrogen-bond acceptors (Lipinski definition) is 2. The van der Waals surface area contributed by atoms with E-state index in [9.17, 15) is 9.59 Å². The van der Waals surface area contributed by atoms with E-state index in [1.54, 1.807) is 6.92 Å². The molecule has 1 unspecified atom stereocenters. The molecule has 0 fully saturated rings. The van der Waals surface area contributed by atoms with Crippen LogP contribution in [0.25, 0.3) is 0 Å². The Kier molecular flexibility index (Phi) is 2.20. The lowest BCUT2D eigenvalue weighted by molar-refractivity contribution is -0.124. The third-order valence-electron chi connectivity index (χ3n) is 2.74. The third-order valence-corrected chi connectivity index (χ3v) is 2.74. The quantitative estimate of drug-likeness (QED) is 0.674. The topological polar surface area (TPSA) is 34.1 Å². The highest BCUT2D eigenvalue weighted by molar-refractivity contribution is 5.94. The average Bonchev–Trinajstić information content (AvgIpc) is 2.16. The first-order chi connectivity index (χ1) is 6.68. The van der Waals surface area contributed by atoms with E-state index in [0.717, 1.165) is 11.1 Å². The molecule has 14 heavy (non-hydrogen) atoms. The Balaban J connectivity index is 2.48. The van der Waals surface area contributed by atoms with E-state index in [0.29, 0.717) is 12.8 Å². The van der Waals surface area contributed by atoms with Gasteiger partial charge in [-0.05, 0) is 18.1 Å². The van der Waals surface area contributed by atoms with E-state index in [4.69, 9.17) is 0 Å². The standard InChI is InChI=1S/C12H12O2/c1-8(13)12-7-10(14)6-9-4-2-3-5-11(9)12/h2-5,12H,6-7H2,1H3. The van der Waals surface area contributed by atoms with E-state index in [-0.39, 0.29) is 17.5 Å². The zero-order valence-corrected chi connectivity index (χ0v) is 8.12. The normalized spacial score (nSPS) is 20.4. The first-order valence-corrected chi connectivity index (χ1v) is 4.78. The molecule has 72 valence electrons. The molecule has 0 heterocycles. The van der Waals surface area contributed by atoms with Gasteiger partial charge < -0.3 is 0 Å². The van der Waals surface area contributed by atoms with Crippen molar-refractivity contribution >= 4 is 11.6 Å². The second kappa shape index (κ2) is 3.37. The molecule has 1 aromatic carbocycles. The van der Waals surface area contributed by atoms with Gasteiger partial charge in [-0.15, -0.1) is 0 Å². The lowest BCUT2D eigenvalue weighted by atomic mass is 9.80. The van der Waals surface area contributed by atoms with E-state index in [1.807, 2.05) is 24.3 Å². The Hall–Kier alpha value is -1.44. The Morgan fingerprint density at radius 3 is 2.79 bits per heavy atom. The van der Waals surface area contributed by atoms with Crippen molar-refractivity contribution < 1.29 is 9.59 Å². The zero-order valence-electron chi connectivity index (χ0n) is 8.12. The molecule has 0 aliphatic heterocycles. The molecular weight excluding hydrogens is 176 g/mol. The van der Waals surface area contributed by atoms with Crippen LogP contribution in [0.1, 0.15) is 30.4 Å². The van der Waals surface area contributed by atoms with Crippen LogP contribution in [0.2, 0.25) is 0 Å². The summed E-state index contributed by atoms with van der Waals surface area (Å²) >= 11 is 0. The molecule has 0 saturated carbocycles. The fraction of sp³-hybridized carbons (Fsp3) is 0.333. The summed E-state index contributed by atoms with van der Waals surface area (Å²) in [5.41, 5.74) is 2.06. The number of Topliss-reactive ketones (excluding diaryl/α,β-unsaturated/α-hetero) is 2. The minimum atomic E-state index is -0.201. The smallest absolute Gasteiger partial charge is 0.138 e. The lowest BCUT2D eigenvalue weighted by Crippen LogP contribution is -2.22. The summed E-state index contributed by atoms with van der Waals surface area (Å²) in [5, 5.41) is 0. The highest BCUT2D eigenvalue weighted by atomic mass is 16.1. The molecule has 0 saturated heterocycles. The van der Waals surface area contributed by atoms with Crippen molar-refractivity contribution in [2.45, 2.75) is 25.7 Å². The van der Waals surface area contributed by atoms with E-state index in [1.165, 1.54) is 0 Å². The summed E-state index contributed by atoms with van der Waals surface area (Å²) in [7, 11) is 0. The van der Waals surface area contributed by atoms with Crippen LogP contribution < -0.4 is 0 Å². The van der Waals surface area contributed by atoms with Crippen molar-refractivity contribution in [2.24, 2.45) is 0 Å². The maximum atomic E-state index is 11.4. The second-order valence-corrected chi connectivity index (χ2v) is 3.78. The van der Waals surface area contributed by atoms with E-state index < -0.39 is 0 Å². The second-order valence-electron chi connectivity index (χ2n) is 3.78. The van der Waals surface area contributed by atoms with Crippen molar-refractivity contribution in [2.75, 3.05) is 0 Å². The van der Waals surface area contributed by atoms with Gasteiger partial charge in [-0.1, -0.05) is 24.3 Å². The van der Waals surface area contributed by atoms with E-state index >= 15 is 0 Å². The first kappa shape index (κ1) is 9.13. The average molecular weight is 188 g/mol. The summed E-state index contributed by atoms with van der Waals surface area (Å²) in [6.07, 6.45) is 0.867. The van der Waals surface area contributed by atoms with Gasteiger partial charge in [-0.2, -0.15) is 0 Å². The Morgan fingerprint density at radius 1 is 1.36 bits per heavy atom. The van der Waals surface area contributed by atoms with Crippen LogP contribution >= 0.6 is 0 Å². The van der Waals surface area contributed by atoms with Gasteiger partial charge >= 0.3 is 0 Å². The van der Waals surface area contributed by atoms with Gasteiger partial charge in [-0.25, -0.2) is 0 Å². The molecule has 0 N–H and O–H groups in total. The summed E-state index contributed by atoms with van der Waals surface area (Å²) in [4.78, 5) is 22.7. The monoisotopic (exact) mass is 188 g/mol. The number of ketones is 2. The molecule has 1 aliphatic carbocycles. The largest absolute Gasteiger partial charge is 0.299 e. The van der Waals surface area contributed by atoms with Gasteiger partial charge in [0.05, 0.1) is 0 Å². The van der Waals surface area contributed by atoms with Crippen LogP contribution in [0, 0.1) is 0 Å². The van der Waals surface area contributed by atoms with Crippen LogP contribution in [-0.2, 0) is 16.0 Å². The first-order valence-electron chi connectivity index (χ1n) is 4.78. The highest BCUT2D eigenvalue weighted by Gasteiger charge is 2.27. The van der Waals surface area contributed by atoms with Crippen molar-refractivity contribution in [3.63, 3.8) is 0 Å². The molecule has 2 nitrogen and oxygen atoms in total. The summed E-state index contributed by atoms with van der Waals surface area (Å²) < 4.78 is 0. The van der Waals surface area contributed by atoms with Gasteiger partial charge in [0.25, 0.3) is 0 Å². The minimum absolute atomic E-state index is 0.0884. The Morgan fingerprint density at radius 2 is 2.07 bits per heavy atom. The van der Waals surface area contributed by atoms with Gasteiger partial charge in [0, 0.05) is 18.8 Å². The zero-order chi connectivity index (χ0) is 10.1. The predicted octanol–water partition coefficient (Wildman–Crippen LogP) is 1.87. The van der Waals surface area contributed by atoms with Gasteiger partial charge in [0.2, 0.25) is 0 Å². The maximum Gasteiger partial charge on any atom is 0.138 e. The molecule has 1 aromatic rings. The molecule has 1 atom stereocenters. The Bertz CT molecular complexity index is 393. The predicted molar refractivity (Wildman–Crippen MR) is 53.2 cm³/mol. The molecule has 2 rings (SSSR count). The molecule has 2 heteroatoms. The highest BCUT2D eigenvalue weighted by Crippen LogP contribution is 2.30.